The summed E-state index contributed by atoms with van der Waals surface area (Å²) in [6.07, 6.45) is 4.68. The van der Waals surface area contributed by atoms with Gasteiger partial charge in [-0.2, -0.15) is 0 Å². The molecule has 2 aromatic carbocycles. The molecule has 35 heavy (non-hydrogen) atoms. The normalized spacial score (nSPS) is 17.5. The van der Waals surface area contributed by atoms with E-state index in [1.165, 1.54) is 18.1 Å². The van der Waals surface area contributed by atoms with E-state index < -0.39 is 10.0 Å². The summed E-state index contributed by atoms with van der Waals surface area (Å²) in [6.45, 7) is 3.93. The number of sulfonamides is 1. The maximum atomic E-state index is 13.1. The first-order valence-electron chi connectivity index (χ1n) is 11.8. The monoisotopic (exact) mass is 490 g/mol. The zero-order valence-electron chi connectivity index (χ0n) is 19.2. The zero-order chi connectivity index (χ0) is 24.0. The smallest absolute Gasteiger partial charge is 0.262 e. The molecule has 3 aromatic rings. The molecule has 3 aliphatic rings. The summed E-state index contributed by atoms with van der Waals surface area (Å²) >= 11 is 0. The molecule has 180 valence electrons. The first-order valence-corrected chi connectivity index (χ1v) is 13.3. The van der Waals surface area contributed by atoms with Gasteiger partial charge in [-0.25, -0.2) is 18.4 Å². The van der Waals surface area contributed by atoms with Crippen molar-refractivity contribution in [2.24, 2.45) is 0 Å². The van der Waals surface area contributed by atoms with Crippen molar-refractivity contribution in [3.8, 4) is 0 Å². The molecule has 9 nitrogen and oxygen atoms in total. The number of amides is 1. The molecule has 1 saturated heterocycles. The Kier molecular flexibility index (Phi) is 5.32. The van der Waals surface area contributed by atoms with Crippen molar-refractivity contribution in [3.63, 3.8) is 0 Å². The van der Waals surface area contributed by atoms with E-state index in [9.17, 15) is 13.2 Å². The quantitative estimate of drug-likeness (QED) is 0.587. The number of nitrogens with one attached hydrogen (secondary N) is 1. The largest absolute Gasteiger partial charge is 0.368 e. The lowest BCUT2D eigenvalue weighted by molar-refractivity contribution is -0.118. The molecule has 4 heterocycles. The van der Waals surface area contributed by atoms with Crippen LogP contribution in [0, 0.1) is 0 Å². The minimum atomic E-state index is -3.80. The van der Waals surface area contributed by atoms with Crippen LogP contribution in [0.3, 0.4) is 0 Å². The molecule has 0 radical (unpaired) electrons. The summed E-state index contributed by atoms with van der Waals surface area (Å²) in [7, 11) is -3.80. The van der Waals surface area contributed by atoms with Gasteiger partial charge in [0.15, 0.2) is 0 Å². The van der Waals surface area contributed by atoms with Gasteiger partial charge >= 0.3 is 0 Å². The first kappa shape index (κ1) is 21.8. The molecular formula is C25H26N6O3S. The molecule has 6 rings (SSSR count). The SMILES string of the molecule is O=C1CCc2cc(S(=O)(=O)Nc3cnc(N4CCN(c5ccccc5)CC4)nc3)cc3c2N1CC3. The predicted octanol–water partition coefficient (Wildman–Crippen LogP) is 2.44. The predicted molar refractivity (Wildman–Crippen MR) is 135 cm³/mol. The van der Waals surface area contributed by atoms with Crippen LogP contribution in [0.1, 0.15) is 17.5 Å². The molecule has 0 bridgehead atoms. The van der Waals surface area contributed by atoms with Gasteiger partial charge < -0.3 is 14.7 Å². The summed E-state index contributed by atoms with van der Waals surface area (Å²) in [5.41, 5.74) is 4.26. The Balaban J connectivity index is 1.14. The second-order valence-corrected chi connectivity index (χ2v) is 10.8. The average Bonchev–Trinajstić information content (AvgIpc) is 3.33. The summed E-state index contributed by atoms with van der Waals surface area (Å²) in [6, 6.07) is 13.7. The molecule has 0 aliphatic carbocycles. The third kappa shape index (κ3) is 4.07. The fourth-order valence-electron chi connectivity index (χ4n) is 5.14. The van der Waals surface area contributed by atoms with Gasteiger partial charge in [0.05, 0.1) is 28.7 Å². The van der Waals surface area contributed by atoms with Crippen LogP contribution >= 0.6 is 0 Å². The van der Waals surface area contributed by atoms with Crippen molar-refractivity contribution in [1.29, 1.82) is 0 Å². The van der Waals surface area contributed by atoms with E-state index in [0.717, 1.165) is 43.0 Å². The van der Waals surface area contributed by atoms with Crippen LogP contribution in [0.4, 0.5) is 23.0 Å². The highest BCUT2D eigenvalue weighted by atomic mass is 32.2. The van der Waals surface area contributed by atoms with Crippen molar-refractivity contribution in [2.75, 3.05) is 52.1 Å². The summed E-state index contributed by atoms with van der Waals surface area (Å²) in [5, 5.41) is 0. The molecule has 0 spiro atoms. The van der Waals surface area contributed by atoms with Gasteiger partial charge in [0, 0.05) is 44.8 Å². The van der Waals surface area contributed by atoms with Crippen molar-refractivity contribution in [3.05, 3.63) is 66.0 Å². The molecule has 0 saturated carbocycles. The number of hydrogen-bond acceptors (Lipinski definition) is 7. The van der Waals surface area contributed by atoms with Crippen LogP contribution in [-0.2, 0) is 27.7 Å². The van der Waals surface area contributed by atoms with Crippen LogP contribution in [0.2, 0.25) is 0 Å². The van der Waals surface area contributed by atoms with Crippen molar-refractivity contribution < 1.29 is 13.2 Å². The molecule has 1 amide bonds. The standard InChI is InChI=1S/C25H26N6O3S/c32-23-7-6-18-14-22(15-19-8-9-31(23)24(18)19)35(33,34)28-20-16-26-25(27-17-20)30-12-10-29(11-13-30)21-4-2-1-3-5-21/h1-5,14-17,28H,6-13H2. The topological polar surface area (TPSA) is 98.7 Å². The number of hydrogen-bond donors (Lipinski definition) is 1. The number of aromatic nitrogens is 2. The van der Waals surface area contributed by atoms with Crippen LogP contribution in [-0.4, -0.2) is 57.0 Å². The summed E-state index contributed by atoms with van der Waals surface area (Å²) in [5.74, 6) is 0.705. The van der Waals surface area contributed by atoms with Crippen molar-refractivity contribution >= 4 is 38.9 Å². The van der Waals surface area contributed by atoms with Gasteiger partial charge in [0.1, 0.15) is 0 Å². The van der Waals surface area contributed by atoms with Crippen molar-refractivity contribution in [2.45, 2.75) is 24.2 Å². The van der Waals surface area contributed by atoms with Gasteiger partial charge in [-0.3, -0.25) is 9.52 Å². The Hall–Kier alpha value is -3.66. The molecule has 0 atom stereocenters. The number of rotatable bonds is 5. The lowest BCUT2D eigenvalue weighted by atomic mass is 10.00. The summed E-state index contributed by atoms with van der Waals surface area (Å²) < 4.78 is 28.9. The Morgan fingerprint density at radius 2 is 1.46 bits per heavy atom. The highest BCUT2D eigenvalue weighted by molar-refractivity contribution is 7.92. The van der Waals surface area contributed by atoms with Crippen LogP contribution < -0.4 is 19.4 Å². The molecule has 1 aromatic heterocycles. The van der Waals surface area contributed by atoms with E-state index in [2.05, 4.69) is 36.6 Å². The number of anilines is 4. The minimum Gasteiger partial charge on any atom is -0.368 e. The number of piperazine rings is 1. The zero-order valence-corrected chi connectivity index (χ0v) is 20.0. The number of benzene rings is 2. The Morgan fingerprint density at radius 1 is 0.800 bits per heavy atom. The summed E-state index contributed by atoms with van der Waals surface area (Å²) in [4.78, 5) is 27.4. The molecule has 10 heteroatoms. The maximum Gasteiger partial charge on any atom is 0.262 e. The van der Waals surface area contributed by atoms with Crippen LogP contribution in [0.5, 0.6) is 0 Å². The number of para-hydroxylation sites is 1. The van der Waals surface area contributed by atoms with Crippen LogP contribution in [0.25, 0.3) is 0 Å². The Morgan fingerprint density at radius 3 is 2.17 bits per heavy atom. The fourth-order valence-corrected chi connectivity index (χ4v) is 6.26. The lowest BCUT2D eigenvalue weighted by Gasteiger charge is -2.36. The van der Waals surface area contributed by atoms with E-state index in [1.54, 1.807) is 17.0 Å². The number of carbonyl (C=O) groups is 1. The lowest BCUT2D eigenvalue weighted by Crippen LogP contribution is -2.47. The van der Waals surface area contributed by atoms with Gasteiger partial charge in [0.2, 0.25) is 11.9 Å². The van der Waals surface area contributed by atoms with Gasteiger partial charge in [0.25, 0.3) is 10.0 Å². The van der Waals surface area contributed by atoms with Crippen molar-refractivity contribution in [1.82, 2.24) is 9.97 Å². The van der Waals surface area contributed by atoms with E-state index in [1.807, 2.05) is 18.2 Å². The van der Waals surface area contributed by atoms with Crippen LogP contribution in [0.15, 0.2) is 59.8 Å². The van der Waals surface area contributed by atoms with Gasteiger partial charge in [-0.15, -0.1) is 0 Å². The molecule has 0 unspecified atom stereocenters. The highest BCUT2D eigenvalue weighted by Crippen LogP contribution is 2.38. The third-order valence-corrected chi connectivity index (χ3v) is 8.27. The Bertz CT molecular complexity index is 1370. The third-order valence-electron chi connectivity index (χ3n) is 6.91. The average molecular weight is 491 g/mol. The Labute approximate surface area is 204 Å². The second-order valence-electron chi connectivity index (χ2n) is 9.07. The maximum absolute atomic E-state index is 13.1. The fraction of sp³-hybridized carbons (Fsp3) is 0.320. The van der Waals surface area contributed by atoms with Gasteiger partial charge in [-0.1, -0.05) is 18.2 Å². The minimum absolute atomic E-state index is 0.115. The van der Waals surface area contributed by atoms with E-state index >= 15 is 0 Å². The second kappa shape index (κ2) is 8.53. The molecular weight excluding hydrogens is 464 g/mol. The highest BCUT2D eigenvalue weighted by Gasteiger charge is 2.33. The van der Waals surface area contributed by atoms with E-state index in [4.69, 9.17) is 0 Å². The number of carbonyl (C=O) groups excluding carboxylic acids is 1. The first-order chi connectivity index (χ1) is 17.0. The molecule has 1 fully saturated rings. The van der Waals surface area contributed by atoms with E-state index in [-0.39, 0.29) is 10.8 Å². The number of aryl methyl sites for hydroxylation is 1. The number of nitrogens with zero attached hydrogens (tertiary/aromatic N) is 5. The van der Waals surface area contributed by atoms with Gasteiger partial charge in [-0.05, 0) is 48.2 Å². The molecule has 3 aliphatic heterocycles. The molecule has 1 N–H and O–H groups in total. The van der Waals surface area contributed by atoms with E-state index in [0.29, 0.717) is 37.4 Å².